The first kappa shape index (κ1) is 24.5. The van der Waals surface area contributed by atoms with Crippen LogP contribution in [0.2, 0.25) is 0 Å². The van der Waals surface area contributed by atoms with Crippen LogP contribution in [0.1, 0.15) is 43.0 Å². The van der Waals surface area contributed by atoms with Crippen LogP contribution in [0, 0.1) is 13.8 Å². The van der Waals surface area contributed by atoms with E-state index in [4.69, 9.17) is 9.47 Å². The highest BCUT2D eigenvalue weighted by Gasteiger charge is 2.32. The molecule has 0 aromatic heterocycles. The smallest absolute Gasteiger partial charge is 0.244 e. The standard InChI is InChI=1S/C23H32N2O5S/c1-8-20(18-10-9-15(2)16(3)13-18)24-23(26)17(4)25(31(7,27)28)21-14-19(29-5)11-12-22(21)30-6/h9-14,17,20H,8H2,1-7H3,(H,24,26)/t17-,20+/m1/s1. The van der Waals surface area contributed by atoms with Crippen molar-refractivity contribution in [2.24, 2.45) is 0 Å². The third-order valence-electron chi connectivity index (χ3n) is 5.37. The quantitative estimate of drug-likeness (QED) is 0.632. The summed E-state index contributed by atoms with van der Waals surface area (Å²) in [6.45, 7) is 7.59. The van der Waals surface area contributed by atoms with Crippen LogP contribution in [0.3, 0.4) is 0 Å². The molecular formula is C23H32N2O5S. The number of rotatable bonds is 9. The summed E-state index contributed by atoms with van der Waals surface area (Å²) in [6, 6.07) is 9.65. The second-order valence-corrected chi connectivity index (χ2v) is 9.45. The van der Waals surface area contributed by atoms with Gasteiger partial charge in [-0.3, -0.25) is 9.10 Å². The molecule has 8 heteroatoms. The van der Waals surface area contributed by atoms with Crippen molar-refractivity contribution in [2.75, 3.05) is 24.8 Å². The molecule has 0 aliphatic carbocycles. The van der Waals surface area contributed by atoms with E-state index in [9.17, 15) is 13.2 Å². The number of methoxy groups -OCH3 is 2. The molecule has 0 heterocycles. The Balaban J connectivity index is 2.40. The van der Waals surface area contributed by atoms with Crippen LogP contribution in [0.15, 0.2) is 36.4 Å². The van der Waals surface area contributed by atoms with E-state index in [0.717, 1.165) is 21.7 Å². The minimum atomic E-state index is -3.80. The minimum absolute atomic E-state index is 0.233. The van der Waals surface area contributed by atoms with E-state index in [1.165, 1.54) is 19.8 Å². The van der Waals surface area contributed by atoms with Crippen molar-refractivity contribution in [3.8, 4) is 11.5 Å². The van der Waals surface area contributed by atoms with E-state index in [1.807, 2.05) is 39.0 Å². The molecule has 31 heavy (non-hydrogen) atoms. The summed E-state index contributed by atoms with van der Waals surface area (Å²) in [4.78, 5) is 13.2. The summed E-state index contributed by atoms with van der Waals surface area (Å²) < 4.78 is 37.1. The first-order valence-corrected chi connectivity index (χ1v) is 12.0. The van der Waals surface area contributed by atoms with Crippen LogP contribution in [0.25, 0.3) is 0 Å². The number of benzene rings is 2. The number of amides is 1. The molecule has 7 nitrogen and oxygen atoms in total. The molecule has 0 saturated carbocycles. The molecule has 2 aromatic rings. The molecule has 0 fully saturated rings. The van der Waals surface area contributed by atoms with Crippen molar-refractivity contribution in [1.29, 1.82) is 0 Å². The molecule has 1 N–H and O–H groups in total. The van der Waals surface area contributed by atoms with Crippen molar-refractivity contribution in [3.05, 3.63) is 53.1 Å². The Labute approximate surface area is 185 Å². The average molecular weight is 449 g/mol. The zero-order valence-corrected chi connectivity index (χ0v) is 20.0. The molecule has 2 atom stereocenters. The number of anilines is 1. The molecule has 0 unspecified atom stereocenters. The summed E-state index contributed by atoms with van der Waals surface area (Å²) in [7, 11) is -0.867. The van der Waals surface area contributed by atoms with E-state index in [2.05, 4.69) is 5.32 Å². The van der Waals surface area contributed by atoms with Gasteiger partial charge in [-0.05, 0) is 56.0 Å². The van der Waals surface area contributed by atoms with E-state index in [-0.39, 0.29) is 11.7 Å². The van der Waals surface area contributed by atoms with Crippen molar-refractivity contribution in [2.45, 2.75) is 46.2 Å². The van der Waals surface area contributed by atoms with Gasteiger partial charge in [-0.25, -0.2) is 8.42 Å². The normalized spacial score (nSPS) is 13.3. The van der Waals surface area contributed by atoms with Gasteiger partial charge in [-0.2, -0.15) is 0 Å². The lowest BCUT2D eigenvalue weighted by molar-refractivity contribution is -0.122. The number of aryl methyl sites for hydroxylation is 2. The Kier molecular flexibility index (Phi) is 7.95. The van der Waals surface area contributed by atoms with Crippen LogP contribution < -0.4 is 19.1 Å². The van der Waals surface area contributed by atoms with Crippen LogP contribution in [0.4, 0.5) is 5.69 Å². The maximum atomic E-state index is 13.2. The number of carbonyl (C=O) groups is 1. The van der Waals surface area contributed by atoms with E-state index in [1.54, 1.807) is 25.1 Å². The zero-order chi connectivity index (χ0) is 23.3. The minimum Gasteiger partial charge on any atom is -0.497 e. The van der Waals surface area contributed by atoms with Gasteiger partial charge >= 0.3 is 0 Å². The third-order valence-corrected chi connectivity index (χ3v) is 6.60. The third kappa shape index (κ3) is 5.70. The molecule has 0 radical (unpaired) electrons. The summed E-state index contributed by atoms with van der Waals surface area (Å²) in [5, 5.41) is 3.00. The molecule has 0 aliphatic heterocycles. The average Bonchev–Trinajstić information content (AvgIpc) is 2.72. The van der Waals surface area contributed by atoms with Gasteiger partial charge in [-0.1, -0.05) is 25.1 Å². The van der Waals surface area contributed by atoms with Gasteiger partial charge in [0.25, 0.3) is 0 Å². The van der Waals surface area contributed by atoms with Gasteiger partial charge in [0, 0.05) is 6.07 Å². The van der Waals surface area contributed by atoms with E-state index >= 15 is 0 Å². The maximum absolute atomic E-state index is 13.2. The number of hydrogen-bond donors (Lipinski definition) is 1. The highest BCUT2D eigenvalue weighted by Crippen LogP contribution is 2.35. The first-order valence-electron chi connectivity index (χ1n) is 10.1. The predicted molar refractivity (Wildman–Crippen MR) is 123 cm³/mol. The molecule has 0 aliphatic rings. The highest BCUT2D eigenvalue weighted by molar-refractivity contribution is 7.92. The number of ether oxygens (including phenoxy) is 2. The van der Waals surface area contributed by atoms with Crippen LogP contribution in [-0.2, 0) is 14.8 Å². The fourth-order valence-corrected chi connectivity index (χ4v) is 4.61. The molecule has 170 valence electrons. The van der Waals surface area contributed by atoms with Gasteiger partial charge < -0.3 is 14.8 Å². The summed E-state index contributed by atoms with van der Waals surface area (Å²) in [5.41, 5.74) is 3.53. The molecule has 0 bridgehead atoms. The second kappa shape index (κ2) is 10.0. The lowest BCUT2D eigenvalue weighted by Crippen LogP contribution is -2.48. The van der Waals surface area contributed by atoms with Crippen molar-refractivity contribution in [1.82, 2.24) is 5.32 Å². The number of nitrogens with one attached hydrogen (secondary N) is 1. The van der Waals surface area contributed by atoms with Gasteiger partial charge in [0.15, 0.2) is 0 Å². The van der Waals surface area contributed by atoms with E-state index < -0.39 is 22.0 Å². The number of sulfonamides is 1. The largest absolute Gasteiger partial charge is 0.497 e. The van der Waals surface area contributed by atoms with Crippen LogP contribution in [-0.4, -0.2) is 40.8 Å². The van der Waals surface area contributed by atoms with Gasteiger partial charge in [-0.15, -0.1) is 0 Å². The topological polar surface area (TPSA) is 84.9 Å². The molecule has 2 aromatic carbocycles. The number of hydrogen-bond acceptors (Lipinski definition) is 5. The Morgan fingerprint density at radius 3 is 2.26 bits per heavy atom. The first-order chi connectivity index (χ1) is 14.5. The molecule has 1 amide bonds. The van der Waals surface area contributed by atoms with Crippen LogP contribution in [0.5, 0.6) is 11.5 Å². The number of carbonyl (C=O) groups excluding carboxylic acids is 1. The fraction of sp³-hybridized carbons (Fsp3) is 0.435. The number of nitrogens with zero attached hydrogens (tertiary/aromatic N) is 1. The fourth-order valence-electron chi connectivity index (χ4n) is 3.44. The van der Waals surface area contributed by atoms with Crippen molar-refractivity contribution >= 4 is 21.6 Å². The van der Waals surface area contributed by atoms with Gasteiger partial charge in [0.1, 0.15) is 17.5 Å². The Bertz CT molecular complexity index is 1040. The van der Waals surface area contributed by atoms with Gasteiger partial charge in [0.2, 0.25) is 15.9 Å². The van der Waals surface area contributed by atoms with E-state index in [0.29, 0.717) is 17.9 Å². The molecule has 0 saturated heterocycles. The molecule has 2 rings (SSSR count). The predicted octanol–water partition coefficient (Wildman–Crippen LogP) is 3.74. The van der Waals surface area contributed by atoms with Crippen LogP contribution >= 0.6 is 0 Å². The molecular weight excluding hydrogens is 416 g/mol. The highest BCUT2D eigenvalue weighted by atomic mass is 32.2. The summed E-state index contributed by atoms with van der Waals surface area (Å²) in [5.74, 6) is 0.381. The molecule has 0 spiro atoms. The lowest BCUT2D eigenvalue weighted by Gasteiger charge is -2.31. The second-order valence-electron chi connectivity index (χ2n) is 7.59. The lowest BCUT2D eigenvalue weighted by atomic mass is 9.99. The monoisotopic (exact) mass is 448 g/mol. The summed E-state index contributed by atoms with van der Waals surface area (Å²) >= 11 is 0. The Morgan fingerprint density at radius 2 is 1.74 bits per heavy atom. The zero-order valence-electron chi connectivity index (χ0n) is 19.2. The maximum Gasteiger partial charge on any atom is 0.244 e. The van der Waals surface area contributed by atoms with Gasteiger partial charge in [0.05, 0.1) is 32.2 Å². The Hall–Kier alpha value is -2.74. The van der Waals surface area contributed by atoms with Crippen molar-refractivity contribution in [3.63, 3.8) is 0 Å². The van der Waals surface area contributed by atoms with Crippen molar-refractivity contribution < 1.29 is 22.7 Å². The SMILES string of the molecule is CC[C@H](NC(=O)[C@@H](C)N(c1cc(OC)ccc1OC)S(C)(=O)=O)c1ccc(C)c(C)c1. The summed E-state index contributed by atoms with van der Waals surface area (Å²) in [6.07, 6.45) is 1.73. The Morgan fingerprint density at radius 1 is 1.06 bits per heavy atom.